The van der Waals surface area contributed by atoms with Crippen LogP contribution in [0.4, 0.5) is 0 Å². The van der Waals surface area contributed by atoms with Gasteiger partial charge < -0.3 is 4.74 Å². The number of hydrazine groups is 1. The van der Waals surface area contributed by atoms with Crippen molar-refractivity contribution < 1.29 is 4.74 Å². The van der Waals surface area contributed by atoms with E-state index in [0.29, 0.717) is 0 Å². The van der Waals surface area contributed by atoms with Crippen LogP contribution in [0, 0.1) is 13.8 Å². The van der Waals surface area contributed by atoms with Gasteiger partial charge in [-0.25, -0.2) is 5.43 Å². The second-order valence-electron chi connectivity index (χ2n) is 4.59. The molecule has 2 rings (SSSR count). The molecule has 3 nitrogen and oxygen atoms in total. The van der Waals surface area contributed by atoms with Crippen molar-refractivity contribution in [2.24, 2.45) is 5.84 Å². The Morgan fingerprint density at radius 1 is 1.35 bits per heavy atom. The highest BCUT2D eigenvalue weighted by molar-refractivity contribution is 5.31. The lowest BCUT2D eigenvalue weighted by Gasteiger charge is -2.17. The van der Waals surface area contributed by atoms with Gasteiger partial charge in [-0.05, 0) is 43.0 Å². The smallest absolute Gasteiger partial charge is 0.111 e. The predicted molar refractivity (Wildman–Crippen MR) is 69.4 cm³/mol. The van der Waals surface area contributed by atoms with Crippen LogP contribution in [-0.4, -0.2) is 12.6 Å². The van der Waals surface area contributed by atoms with Crippen molar-refractivity contribution in [2.45, 2.75) is 32.7 Å². The van der Waals surface area contributed by atoms with Crippen LogP contribution in [0.25, 0.3) is 0 Å². The summed E-state index contributed by atoms with van der Waals surface area (Å²) in [4.78, 5) is 0. The standard InChI is InChI=1S/C14H20N2O/c1-10-5-6-12(8-11(10)2)9-13(16-15)14-4-3-7-17-14/h4-6,8,13,16H,3,7,9,15H2,1-2H3. The van der Waals surface area contributed by atoms with Gasteiger partial charge in [-0.3, -0.25) is 5.84 Å². The molecule has 0 radical (unpaired) electrons. The largest absolute Gasteiger partial charge is 0.496 e. The zero-order chi connectivity index (χ0) is 12.3. The molecule has 1 aromatic rings. The molecule has 0 saturated carbocycles. The highest BCUT2D eigenvalue weighted by atomic mass is 16.5. The van der Waals surface area contributed by atoms with Crippen molar-refractivity contribution >= 4 is 0 Å². The Hall–Kier alpha value is -1.32. The first kappa shape index (κ1) is 12.1. The maximum absolute atomic E-state index is 5.60. The van der Waals surface area contributed by atoms with Crippen LogP contribution < -0.4 is 11.3 Å². The Balaban J connectivity index is 2.09. The molecular weight excluding hydrogens is 212 g/mol. The van der Waals surface area contributed by atoms with E-state index < -0.39 is 0 Å². The molecule has 1 aliphatic rings. The van der Waals surface area contributed by atoms with Gasteiger partial charge in [-0.1, -0.05) is 18.2 Å². The van der Waals surface area contributed by atoms with Gasteiger partial charge >= 0.3 is 0 Å². The molecule has 0 aliphatic carbocycles. The van der Waals surface area contributed by atoms with E-state index >= 15 is 0 Å². The van der Waals surface area contributed by atoms with Crippen molar-refractivity contribution in [1.82, 2.24) is 5.43 Å². The van der Waals surface area contributed by atoms with Gasteiger partial charge in [0.25, 0.3) is 0 Å². The number of rotatable bonds is 4. The number of hydrogen-bond acceptors (Lipinski definition) is 3. The van der Waals surface area contributed by atoms with Crippen molar-refractivity contribution in [1.29, 1.82) is 0 Å². The van der Waals surface area contributed by atoms with Gasteiger partial charge in [0.2, 0.25) is 0 Å². The minimum absolute atomic E-state index is 0.0830. The first-order chi connectivity index (χ1) is 8.20. The number of nitrogens with two attached hydrogens (primary N) is 1. The van der Waals surface area contributed by atoms with Gasteiger partial charge in [0.15, 0.2) is 0 Å². The lowest BCUT2D eigenvalue weighted by Crippen LogP contribution is -2.38. The van der Waals surface area contributed by atoms with Crippen molar-refractivity contribution in [2.75, 3.05) is 6.61 Å². The van der Waals surface area contributed by atoms with Crippen LogP contribution in [0.3, 0.4) is 0 Å². The molecule has 0 spiro atoms. The van der Waals surface area contributed by atoms with E-state index in [0.717, 1.165) is 25.2 Å². The normalized spacial score (nSPS) is 16.5. The van der Waals surface area contributed by atoms with Gasteiger partial charge in [0.1, 0.15) is 5.76 Å². The molecule has 0 saturated heterocycles. The number of nitrogens with one attached hydrogen (secondary N) is 1. The number of aryl methyl sites for hydroxylation is 2. The van der Waals surface area contributed by atoms with Gasteiger partial charge in [0, 0.05) is 6.42 Å². The van der Waals surface area contributed by atoms with Crippen molar-refractivity contribution in [3.63, 3.8) is 0 Å². The molecule has 1 atom stereocenters. The van der Waals surface area contributed by atoms with E-state index in [9.17, 15) is 0 Å². The quantitative estimate of drug-likeness (QED) is 0.616. The molecule has 0 bridgehead atoms. The molecule has 3 N–H and O–H groups in total. The van der Waals surface area contributed by atoms with E-state index in [4.69, 9.17) is 10.6 Å². The minimum Gasteiger partial charge on any atom is -0.496 e. The molecule has 0 fully saturated rings. The summed E-state index contributed by atoms with van der Waals surface area (Å²) in [6, 6.07) is 6.61. The minimum atomic E-state index is 0.0830. The summed E-state index contributed by atoms with van der Waals surface area (Å²) in [6.07, 6.45) is 3.97. The summed E-state index contributed by atoms with van der Waals surface area (Å²) in [5.74, 6) is 6.58. The Morgan fingerprint density at radius 3 is 2.76 bits per heavy atom. The first-order valence-corrected chi connectivity index (χ1v) is 6.06. The Morgan fingerprint density at radius 2 is 2.18 bits per heavy atom. The van der Waals surface area contributed by atoms with Crippen LogP contribution in [0.2, 0.25) is 0 Å². The number of benzene rings is 1. The van der Waals surface area contributed by atoms with Crippen molar-refractivity contribution in [3.05, 3.63) is 46.7 Å². The summed E-state index contributed by atoms with van der Waals surface area (Å²) in [6.45, 7) is 5.04. The predicted octanol–water partition coefficient (Wildman–Crippen LogP) is 1.98. The van der Waals surface area contributed by atoms with Crippen LogP contribution in [-0.2, 0) is 11.2 Å². The summed E-state index contributed by atoms with van der Waals surface area (Å²) < 4.78 is 5.55. The van der Waals surface area contributed by atoms with E-state index in [1.807, 2.05) is 0 Å². The zero-order valence-corrected chi connectivity index (χ0v) is 10.5. The highest BCUT2D eigenvalue weighted by Crippen LogP contribution is 2.18. The Labute approximate surface area is 103 Å². The molecule has 1 heterocycles. The first-order valence-electron chi connectivity index (χ1n) is 6.06. The van der Waals surface area contributed by atoms with Crippen LogP contribution >= 0.6 is 0 Å². The van der Waals surface area contributed by atoms with Gasteiger partial charge in [-0.2, -0.15) is 0 Å². The summed E-state index contributed by atoms with van der Waals surface area (Å²) in [5, 5.41) is 0. The summed E-state index contributed by atoms with van der Waals surface area (Å²) >= 11 is 0. The molecule has 1 aliphatic heterocycles. The van der Waals surface area contributed by atoms with E-state index in [1.165, 1.54) is 16.7 Å². The molecule has 17 heavy (non-hydrogen) atoms. The summed E-state index contributed by atoms with van der Waals surface area (Å²) in [7, 11) is 0. The maximum atomic E-state index is 5.60. The third-order valence-corrected chi connectivity index (χ3v) is 3.29. The Bertz CT molecular complexity index is 426. The molecular formula is C14H20N2O. The third kappa shape index (κ3) is 2.87. The topological polar surface area (TPSA) is 47.3 Å². The SMILES string of the molecule is Cc1ccc(CC(NN)C2=CCCO2)cc1C. The molecule has 0 amide bonds. The lowest BCUT2D eigenvalue weighted by atomic mass is 10.0. The second-order valence-corrected chi connectivity index (χ2v) is 4.59. The van der Waals surface area contributed by atoms with Crippen molar-refractivity contribution in [3.8, 4) is 0 Å². The maximum Gasteiger partial charge on any atom is 0.111 e. The van der Waals surface area contributed by atoms with E-state index in [-0.39, 0.29) is 6.04 Å². The number of ether oxygens (including phenoxy) is 1. The fourth-order valence-electron chi connectivity index (χ4n) is 2.09. The molecule has 3 heteroatoms. The summed E-state index contributed by atoms with van der Waals surface area (Å²) in [5.41, 5.74) is 6.76. The molecule has 92 valence electrons. The van der Waals surface area contributed by atoms with Crippen LogP contribution in [0.15, 0.2) is 30.0 Å². The van der Waals surface area contributed by atoms with Crippen LogP contribution in [0.5, 0.6) is 0 Å². The average Bonchev–Trinajstić information content (AvgIpc) is 2.84. The second kappa shape index (κ2) is 5.34. The number of hydrogen-bond donors (Lipinski definition) is 2. The highest BCUT2D eigenvalue weighted by Gasteiger charge is 2.17. The van der Waals surface area contributed by atoms with Crippen LogP contribution in [0.1, 0.15) is 23.1 Å². The monoisotopic (exact) mass is 232 g/mol. The fourth-order valence-corrected chi connectivity index (χ4v) is 2.09. The fraction of sp³-hybridized carbons (Fsp3) is 0.429. The lowest BCUT2D eigenvalue weighted by molar-refractivity contribution is 0.214. The third-order valence-electron chi connectivity index (χ3n) is 3.29. The van der Waals surface area contributed by atoms with E-state index in [2.05, 4.69) is 43.5 Å². The van der Waals surface area contributed by atoms with Gasteiger partial charge in [0.05, 0.1) is 12.6 Å². The molecule has 1 aromatic carbocycles. The molecule has 1 unspecified atom stereocenters. The Kier molecular flexibility index (Phi) is 3.82. The average molecular weight is 232 g/mol. The molecule has 0 aromatic heterocycles. The zero-order valence-electron chi connectivity index (χ0n) is 10.5. The van der Waals surface area contributed by atoms with E-state index in [1.54, 1.807) is 0 Å². The van der Waals surface area contributed by atoms with Gasteiger partial charge in [-0.15, -0.1) is 0 Å².